The molecular formula is C21H30N6O4S3. The predicted octanol–water partition coefficient (Wildman–Crippen LogP) is 3.86. The van der Waals surface area contributed by atoms with Crippen LogP contribution in [-0.4, -0.2) is 71.2 Å². The number of aryl methyl sites for hydroxylation is 1. The summed E-state index contributed by atoms with van der Waals surface area (Å²) in [7, 11) is -2.05. The molecule has 1 fully saturated rings. The number of hydrogen-bond donors (Lipinski definition) is 2. The van der Waals surface area contributed by atoms with Gasteiger partial charge in [-0.15, -0.1) is 11.3 Å². The van der Waals surface area contributed by atoms with Crippen LogP contribution < -0.4 is 10.2 Å². The number of anilines is 3. The molecule has 3 aromatic heterocycles. The van der Waals surface area contributed by atoms with Crippen LogP contribution in [0.5, 0.6) is 5.75 Å². The average molecular weight is 527 g/mol. The van der Waals surface area contributed by atoms with Gasteiger partial charge in [-0.05, 0) is 31.5 Å². The van der Waals surface area contributed by atoms with Crippen LogP contribution in [0.25, 0.3) is 0 Å². The zero-order valence-electron chi connectivity index (χ0n) is 19.7. The Morgan fingerprint density at radius 1 is 1.26 bits per heavy atom. The second kappa shape index (κ2) is 10.2. The van der Waals surface area contributed by atoms with Gasteiger partial charge in [0.15, 0.2) is 21.6 Å². The molecule has 186 valence electrons. The highest BCUT2D eigenvalue weighted by Gasteiger charge is 2.34. The van der Waals surface area contributed by atoms with Crippen LogP contribution in [0.2, 0.25) is 0 Å². The maximum Gasteiger partial charge on any atom is 0.256 e. The van der Waals surface area contributed by atoms with E-state index in [1.54, 1.807) is 23.6 Å². The Balaban J connectivity index is 1.55. The fraction of sp³-hybridized carbons (Fsp3) is 0.524. The molecule has 2 N–H and O–H groups in total. The number of rotatable bonds is 9. The lowest BCUT2D eigenvalue weighted by atomic mass is 10.1. The van der Waals surface area contributed by atoms with Gasteiger partial charge >= 0.3 is 0 Å². The van der Waals surface area contributed by atoms with Crippen LogP contribution in [0.4, 0.5) is 17.3 Å². The molecule has 0 bridgehead atoms. The first-order chi connectivity index (χ1) is 16.3. The van der Waals surface area contributed by atoms with Crippen LogP contribution in [0.1, 0.15) is 37.6 Å². The highest BCUT2D eigenvalue weighted by atomic mass is 32.2. The van der Waals surface area contributed by atoms with Crippen molar-refractivity contribution in [3.63, 3.8) is 0 Å². The van der Waals surface area contributed by atoms with E-state index in [2.05, 4.69) is 25.9 Å². The molecule has 0 aliphatic carbocycles. The van der Waals surface area contributed by atoms with Crippen LogP contribution in [0, 0.1) is 6.92 Å². The molecular weight excluding hydrogens is 496 g/mol. The Morgan fingerprint density at radius 2 is 2.00 bits per heavy atom. The summed E-state index contributed by atoms with van der Waals surface area (Å²) >= 11 is 2.06. The smallest absolute Gasteiger partial charge is 0.256 e. The van der Waals surface area contributed by atoms with Crippen molar-refractivity contribution >= 4 is 50.4 Å². The summed E-state index contributed by atoms with van der Waals surface area (Å²) in [6, 6.07) is 1.88. The number of thiophene rings is 1. The fourth-order valence-corrected chi connectivity index (χ4v) is 7.36. The molecule has 3 aromatic rings. The Morgan fingerprint density at radius 3 is 2.62 bits per heavy atom. The van der Waals surface area contributed by atoms with Crippen LogP contribution in [0.15, 0.2) is 26.3 Å². The summed E-state index contributed by atoms with van der Waals surface area (Å²) in [5.41, 5.74) is 1.41. The fourth-order valence-electron chi connectivity index (χ4n) is 3.93. The van der Waals surface area contributed by atoms with Gasteiger partial charge in [0.25, 0.3) is 10.0 Å². The molecule has 1 aliphatic heterocycles. The number of nitrogens with one attached hydrogen (secondary N) is 1. The minimum absolute atomic E-state index is 0.0468. The molecule has 0 radical (unpaired) electrons. The molecule has 0 unspecified atom stereocenters. The minimum atomic E-state index is -3.79. The number of furan rings is 1. The van der Waals surface area contributed by atoms with E-state index in [0.29, 0.717) is 43.5 Å². The molecule has 1 aliphatic rings. The van der Waals surface area contributed by atoms with E-state index in [4.69, 9.17) is 4.42 Å². The molecule has 4 rings (SSSR count). The monoisotopic (exact) mass is 526 g/mol. The lowest BCUT2D eigenvalue weighted by Gasteiger charge is -2.32. The predicted molar refractivity (Wildman–Crippen MR) is 135 cm³/mol. The van der Waals surface area contributed by atoms with Gasteiger partial charge in [-0.1, -0.05) is 13.8 Å². The number of piperazine rings is 1. The maximum absolute atomic E-state index is 13.2. The summed E-state index contributed by atoms with van der Waals surface area (Å²) in [5.74, 6) is 1.58. The highest BCUT2D eigenvalue weighted by molar-refractivity contribution is 7.91. The van der Waals surface area contributed by atoms with Crippen LogP contribution >= 0.6 is 23.1 Å². The van der Waals surface area contributed by atoms with Crippen molar-refractivity contribution < 1.29 is 17.9 Å². The van der Waals surface area contributed by atoms with Crippen molar-refractivity contribution in [1.82, 2.24) is 18.0 Å². The Bertz CT molecular complexity index is 1210. The third-order valence-electron chi connectivity index (χ3n) is 6.03. The van der Waals surface area contributed by atoms with E-state index >= 15 is 0 Å². The lowest BCUT2D eigenvalue weighted by molar-refractivity contribution is 0.196. The van der Waals surface area contributed by atoms with E-state index < -0.39 is 10.0 Å². The molecule has 1 atom stereocenters. The molecule has 0 amide bonds. The average Bonchev–Trinajstić information content (AvgIpc) is 3.57. The number of aromatic hydroxyl groups is 1. The summed E-state index contributed by atoms with van der Waals surface area (Å²) < 4.78 is 42.3. The lowest BCUT2D eigenvalue weighted by Crippen LogP contribution is -2.48. The standard InChI is InChI=1S/C21H30N6O4S3/c1-5-15(17-11-14(3)12-31-17)22-19-20(24-33-23-19)25(4)16-13-32-21(18(16)28)34(29,30)27-9-7-26(6-2)8-10-27/h11-13,15,28H,5-10H2,1-4H3,(H,22,23)/t15-/m1/s1. The molecule has 1 saturated heterocycles. The molecule has 0 spiro atoms. The van der Waals surface area contributed by atoms with Gasteiger partial charge in [0.2, 0.25) is 0 Å². The van der Waals surface area contributed by atoms with E-state index in [-0.39, 0.29) is 16.0 Å². The Hall–Kier alpha value is -2.19. The SMILES string of the molecule is CC[C@@H](Nc1nsnc1N(C)c1csc(S(=O)(=O)N2CCN(CC)CC2)c1O)c1cc(C)co1. The van der Waals surface area contributed by atoms with Crippen molar-refractivity contribution in [1.29, 1.82) is 0 Å². The van der Waals surface area contributed by atoms with Crippen LogP contribution in [-0.2, 0) is 10.0 Å². The van der Waals surface area contributed by atoms with Crippen LogP contribution in [0.3, 0.4) is 0 Å². The second-order valence-electron chi connectivity index (χ2n) is 8.22. The largest absolute Gasteiger partial charge is 0.504 e. The molecule has 4 heterocycles. The van der Waals surface area contributed by atoms with Gasteiger partial charge in [-0.3, -0.25) is 0 Å². The number of sulfonamides is 1. The summed E-state index contributed by atoms with van der Waals surface area (Å²) in [6.45, 7) is 9.15. The Kier molecular flexibility index (Phi) is 7.48. The molecule has 10 nitrogen and oxygen atoms in total. The third-order valence-corrected chi connectivity index (χ3v) is 9.92. The normalized spacial score (nSPS) is 16.6. The van der Waals surface area contributed by atoms with E-state index in [0.717, 1.165) is 47.4 Å². The van der Waals surface area contributed by atoms with Gasteiger partial charge in [0, 0.05) is 38.6 Å². The van der Waals surface area contributed by atoms with Crippen molar-refractivity contribution in [2.24, 2.45) is 0 Å². The van der Waals surface area contributed by atoms with E-state index in [1.807, 2.05) is 19.9 Å². The number of nitrogens with zero attached hydrogens (tertiary/aromatic N) is 5. The summed E-state index contributed by atoms with van der Waals surface area (Å²) in [5, 5.41) is 15.9. The second-order valence-corrected chi connectivity index (χ2v) is 11.8. The van der Waals surface area contributed by atoms with E-state index in [1.165, 1.54) is 4.31 Å². The Labute approximate surface area is 208 Å². The molecule has 34 heavy (non-hydrogen) atoms. The van der Waals surface area contributed by atoms with Gasteiger partial charge in [-0.25, -0.2) is 8.42 Å². The first-order valence-electron chi connectivity index (χ1n) is 11.2. The molecule has 0 saturated carbocycles. The van der Waals surface area contributed by atoms with Gasteiger partial charge in [-0.2, -0.15) is 13.1 Å². The van der Waals surface area contributed by atoms with Gasteiger partial charge in [0.1, 0.15) is 5.76 Å². The highest BCUT2D eigenvalue weighted by Crippen LogP contribution is 2.44. The summed E-state index contributed by atoms with van der Waals surface area (Å²) in [6.07, 6.45) is 2.48. The van der Waals surface area contributed by atoms with Crippen molar-refractivity contribution in [2.45, 2.75) is 37.4 Å². The van der Waals surface area contributed by atoms with Gasteiger partial charge in [0.05, 0.1) is 29.7 Å². The zero-order valence-corrected chi connectivity index (χ0v) is 22.1. The van der Waals surface area contributed by atoms with E-state index in [9.17, 15) is 13.5 Å². The van der Waals surface area contributed by atoms with Crippen molar-refractivity contribution in [3.8, 4) is 5.75 Å². The quantitative estimate of drug-likeness (QED) is 0.429. The van der Waals surface area contributed by atoms with Crippen molar-refractivity contribution in [3.05, 3.63) is 29.0 Å². The molecule has 13 heteroatoms. The van der Waals surface area contributed by atoms with Crippen molar-refractivity contribution in [2.75, 3.05) is 50.0 Å². The first-order valence-corrected chi connectivity index (χ1v) is 14.2. The first kappa shape index (κ1) is 24.9. The molecule has 0 aromatic carbocycles. The summed E-state index contributed by atoms with van der Waals surface area (Å²) in [4.78, 5) is 3.86. The number of hydrogen-bond acceptors (Lipinski definition) is 11. The number of likely N-dealkylation sites (N-methyl/N-ethyl adjacent to an activating group) is 1. The van der Waals surface area contributed by atoms with Gasteiger partial charge < -0.3 is 24.6 Å². The minimum Gasteiger partial charge on any atom is -0.504 e. The topological polar surface area (TPSA) is 115 Å². The number of aromatic nitrogens is 2. The maximum atomic E-state index is 13.2. The third kappa shape index (κ3) is 4.80. The zero-order chi connectivity index (χ0) is 24.5.